The van der Waals surface area contributed by atoms with Gasteiger partial charge in [-0.1, -0.05) is 17.4 Å². The molecular formula is C22H27N7OS. The molecule has 2 N–H and O–H groups in total. The van der Waals surface area contributed by atoms with Crippen LogP contribution >= 0.6 is 11.3 Å². The number of thiazole rings is 1. The van der Waals surface area contributed by atoms with Gasteiger partial charge in [-0.2, -0.15) is 0 Å². The summed E-state index contributed by atoms with van der Waals surface area (Å²) in [5.74, 6) is 0.693. The van der Waals surface area contributed by atoms with Gasteiger partial charge in [0.1, 0.15) is 0 Å². The average molecular weight is 438 g/mol. The van der Waals surface area contributed by atoms with E-state index in [1.165, 1.54) is 0 Å². The van der Waals surface area contributed by atoms with Crippen molar-refractivity contribution in [3.63, 3.8) is 0 Å². The second kappa shape index (κ2) is 8.89. The van der Waals surface area contributed by atoms with E-state index in [1.54, 1.807) is 18.3 Å². The van der Waals surface area contributed by atoms with Gasteiger partial charge < -0.3 is 20.4 Å². The highest BCUT2D eigenvalue weighted by Gasteiger charge is 2.19. The van der Waals surface area contributed by atoms with Gasteiger partial charge in [0.2, 0.25) is 11.9 Å². The van der Waals surface area contributed by atoms with Crippen LogP contribution in [0.1, 0.15) is 18.2 Å². The summed E-state index contributed by atoms with van der Waals surface area (Å²) in [6, 6.07) is 8.23. The third kappa shape index (κ3) is 4.61. The Balaban J connectivity index is 1.53. The number of anilines is 4. The summed E-state index contributed by atoms with van der Waals surface area (Å²) in [5.41, 5.74) is 4.91. The van der Waals surface area contributed by atoms with Crippen molar-refractivity contribution in [1.29, 1.82) is 0 Å². The normalized spacial score (nSPS) is 13.9. The molecule has 3 aromatic rings. The molecule has 31 heavy (non-hydrogen) atoms. The number of aromatic nitrogens is 3. The standard InChI is InChI=1S/C22H27N7OS/c1-14-13-24-21(27-19(14)20-15(2)25-22(23-4)31-20)26-17-6-5-7-18(12-17)29-10-8-28(9-11-29)16(3)30/h5-7,12-13H,8-11H2,1-4H3,(H,23,25)(H,24,26,27). The quantitative estimate of drug-likeness (QED) is 0.630. The Bertz CT molecular complexity index is 1090. The van der Waals surface area contributed by atoms with Gasteiger partial charge in [0.15, 0.2) is 5.13 Å². The highest BCUT2D eigenvalue weighted by molar-refractivity contribution is 7.19. The summed E-state index contributed by atoms with van der Waals surface area (Å²) in [4.78, 5) is 30.6. The monoisotopic (exact) mass is 437 g/mol. The van der Waals surface area contributed by atoms with Crippen molar-refractivity contribution in [1.82, 2.24) is 19.9 Å². The number of nitrogens with one attached hydrogen (secondary N) is 2. The van der Waals surface area contributed by atoms with Crippen LogP contribution in [-0.4, -0.2) is 59.0 Å². The average Bonchev–Trinajstić information content (AvgIpc) is 3.16. The molecular weight excluding hydrogens is 410 g/mol. The molecule has 1 saturated heterocycles. The number of nitrogens with zero attached hydrogens (tertiary/aromatic N) is 5. The fourth-order valence-corrected chi connectivity index (χ4v) is 4.62. The van der Waals surface area contributed by atoms with Gasteiger partial charge in [-0.05, 0) is 37.6 Å². The van der Waals surface area contributed by atoms with Crippen LogP contribution < -0.4 is 15.5 Å². The molecule has 1 fully saturated rings. The molecule has 2 aromatic heterocycles. The Morgan fingerprint density at radius 2 is 1.90 bits per heavy atom. The van der Waals surface area contributed by atoms with E-state index in [0.717, 1.165) is 64.5 Å². The van der Waals surface area contributed by atoms with E-state index < -0.39 is 0 Å². The number of carbonyl (C=O) groups is 1. The number of rotatable bonds is 5. The van der Waals surface area contributed by atoms with Crippen LogP contribution in [0.25, 0.3) is 10.6 Å². The van der Waals surface area contributed by atoms with Crippen molar-refractivity contribution in [2.45, 2.75) is 20.8 Å². The molecule has 1 aliphatic rings. The zero-order chi connectivity index (χ0) is 22.0. The third-order valence-electron chi connectivity index (χ3n) is 5.39. The van der Waals surface area contributed by atoms with Crippen molar-refractivity contribution in [3.05, 3.63) is 41.7 Å². The van der Waals surface area contributed by atoms with Crippen LogP contribution in [0.15, 0.2) is 30.5 Å². The number of benzene rings is 1. The van der Waals surface area contributed by atoms with Gasteiger partial charge in [0, 0.05) is 57.7 Å². The summed E-state index contributed by atoms with van der Waals surface area (Å²) < 4.78 is 0. The minimum Gasteiger partial charge on any atom is -0.368 e. The van der Waals surface area contributed by atoms with E-state index in [9.17, 15) is 4.79 Å². The van der Waals surface area contributed by atoms with Crippen LogP contribution in [0.3, 0.4) is 0 Å². The van der Waals surface area contributed by atoms with Gasteiger partial charge in [-0.3, -0.25) is 4.79 Å². The van der Waals surface area contributed by atoms with Crippen molar-refractivity contribution in [3.8, 4) is 10.6 Å². The van der Waals surface area contributed by atoms with Crippen molar-refractivity contribution >= 4 is 39.7 Å². The second-order valence-corrected chi connectivity index (χ2v) is 8.58. The topological polar surface area (TPSA) is 86.3 Å². The first-order valence-corrected chi connectivity index (χ1v) is 11.1. The van der Waals surface area contributed by atoms with Gasteiger partial charge in [0.05, 0.1) is 16.3 Å². The molecule has 0 spiro atoms. The van der Waals surface area contributed by atoms with Gasteiger partial charge in [-0.15, -0.1) is 0 Å². The molecule has 1 aromatic carbocycles. The van der Waals surface area contributed by atoms with Gasteiger partial charge in [0.25, 0.3) is 0 Å². The number of carbonyl (C=O) groups excluding carboxylic acids is 1. The van der Waals surface area contributed by atoms with Crippen LogP contribution in [0.4, 0.5) is 22.5 Å². The van der Waals surface area contributed by atoms with E-state index in [-0.39, 0.29) is 5.91 Å². The van der Waals surface area contributed by atoms with Crippen molar-refractivity contribution in [2.75, 3.05) is 48.8 Å². The molecule has 4 rings (SSSR count). The highest BCUT2D eigenvalue weighted by Crippen LogP contribution is 2.33. The maximum absolute atomic E-state index is 11.6. The fourth-order valence-electron chi connectivity index (χ4n) is 3.64. The third-order valence-corrected chi connectivity index (χ3v) is 6.57. The smallest absolute Gasteiger partial charge is 0.227 e. The SMILES string of the molecule is CNc1nc(C)c(-c2nc(Nc3cccc(N4CCN(C(C)=O)CC4)c3)ncc2C)s1. The molecule has 3 heterocycles. The maximum atomic E-state index is 11.6. The Kier molecular flexibility index (Phi) is 6.03. The molecule has 0 aliphatic carbocycles. The van der Waals surface area contributed by atoms with Gasteiger partial charge in [-0.25, -0.2) is 15.0 Å². The summed E-state index contributed by atoms with van der Waals surface area (Å²) in [7, 11) is 1.87. The molecule has 1 aliphatic heterocycles. The van der Waals surface area contributed by atoms with Crippen molar-refractivity contribution < 1.29 is 4.79 Å². The number of aryl methyl sites for hydroxylation is 2. The van der Waals surface area contributed by atoms with Gasteiger partial charge >= 0.3 is 0 Å². The lowest BCUT2D eigenvalue weighted by atomic mass is 10.2. The minimum absolute atomic E-state index is 0.139. The largest absolute Gasteiger partial charge is 0.368 e. The van der Waals surface area contributed by atoms with E-state index in [1.807, 2.05) is 44.1 Å². The summed E-state index contributed by atoms with van der Waals surface area (Å²) in [6.07, 6.45) is 1.84. The molecule has 1 amide bonds. The van der Waals surface area contributed by atoms with E-state index in [4.69, 9.17) is 4.98 Å². The lowest BCUT2D eigenvalue weighted by molar-refractivity contribution is -0.129. The Morgan fingerprint density at radius 1 is 1.13 bits per heavy atom. The first-order valence-electron chi connectivity index (χ1n) is 10.3. The first kappa shape index (κ1) is 21.0. The number of hydrogen-bond donors (Lipinski definition) is 2. The molecule has 0 radical (unpaired) electrons. The Labute approximate surface area is 186 Å². The summed E-state index contributed by atoms with van der Waals surface area (Å²) in [6.45, 7) is 8.79. The van der Waals surface area contributed by atoms with E-state index in [2.05, 4.69) is 37.6 Å². The van der Waals surface area contributed by atoms with Crippen LogP contribution in [0.5, 0.6) is 0 Å². The van der Waals surface area contributed by atoms with E-state index >= 15 is 0 Å². The molecule has 0 atom stereocenters. The second-order valence-electron chi connectivity index (χ2n) is 7.58. The Hall–Kier alpha value is -3.20. The Morgan fingerprint density at radius 3 is 2.58 bits per heavy atom. The maximum Gasteiger partial charge on any atom is 0.227 e. The van der Waals surface area contributed by atoms with Crippen LogP contribution in [-0.2, 0) is 4.79 Å². The number of piperazine rings is 1. The molecule has 8 nitrogen and oxygen atoms in total. The minimum atomic E-state index is 0.139. The summed E-state index contributed by atoms with van der Waals surface area (Å²) in [5, 5.41) is 7.32. The predicted octanol–water partition coefficient (Wildman–Crippen LogP) is 3.67. The molecule has 0 saturated carbocycles. The molecule has 0 unspecified atom stereocenters. The lowest BCUT2D eigenvalue weighted by Gasteiger charge is -2.35. The van der Waals surface area contributed by atoms with Crippen molar-refractivity contribution in [2.24, 2.45) is 0 Å². The molecule has 9 heteroatoms. The molecule has 162 valence electrons. The lowest BCUT2D eigenvalue weighted by Crippen LogP contribution is -2.48. The zero-order valence-electron chi connectivity index (χ0n) is 18.3. The number of amides is 1. The van der Waals surface area contributed by atoms with Crippen LogP contribution in [0, 0.1) is 13.8 Å². The first-order chi connectivity index (χ1) is 14.9. The van der Waals surface area contributed by atoms with E-state index in [0.29, 0.717) is 5.95 Å². The predicted molar refractivity (Wildman–Crippen MR) is 126 cm³/mol. The highest BCUT2D eigenvalue weighted by atomic mass is 32.1. The zero-order valence-corrected chi connectivity index (χ0v) is 19.1. The molecule has 0 bridgehead atoms. The summed E-state index contributed by atoms with van der Waals surface area (Å²) >= 11 is 1.59. The fraction of sp³-hybridized carbons (Fsp3) is 0.364. The van der Waals surface area contributed by atoms with Crippen LogP contribution in [0.2, 0.25) is 0 Å². The number of hydrogen-bond acceptors (Lipinski definition) is 8.